The molecule has 0 bridgehead atoms. The van der Waals surface area contributed by atoms with Crippen LogP contribution < -0.4 is 5.32 Å². The molecule has 1 atom stereocenters. The molecule has 1 fully saturated rings. The van der Waals surface area contributed by atoms with Crippen LogP contribution in [0.3, 0.4) is 0 Å². The number of halogens is 2. The molecule has 1 aromatic rings. The summed E-state index contributed by atoms with van der Waals surface area (Å²) in [4.78, 5) is 17.3. The first kappa shape index (κ1) is 15.7. The van der Waals surface area contributed by atoms with Gasteiger partial charge in [-0.1, -0.05) is 37.0 Å². The molecule has 1 aliphatic rings. The van der Waals surface area contributed by atoms with E-state index in [1.807, 2.05) is 4.90 Å². The van der Waals surface area contributed by atoms with E-state index in [4.69, 9.17) is 23.2 Å². The second-order valence-electron chi connectivity index (χ2n) is 5.74. The van der Waals surface area contributed by atoms with E-state index in [0.29, 0.717) is 27.8 Å². The lowest BCUT2D eigenvalue weighted by Gasteiger charge is -2.27. The number of hydrogen-bond acceptors (Lipinski definition) is 2. The van der Waals surface area contributed by atoms with Gasteiger partial charge in [0.1, 0.15) is 10.8 Å². The number of aromatic amines is 1. The maximum atomic E-state index is 12.6. The highest BCUT2D eigenvalue weighted by Gasteiger charge is 2.24. The zero-order chi connectivity index (χ0) is 14.7. The van der Waals surface area contributed by atoms with E-state index in [0.717, 1.165) is 26.1 Å². The fourth-order valence-corrected chi connectivity index (χ4v) is 2.86. The normalized spacial score (nSPS) is 18.8. The van der Waals surface area contributed by atoms with Crippen LogP contribution in [0.5, 0.6) is 0 Å². The number of amides is 1. The molecule has 1 unspecified atom stereocenters. The fourth-order valence-electron chi connectivity index (χ4n) is 2.55. The van der Waals surface area contributed by atoms with E-state index >= 15 is 0 Å². The number of nitrogens with zero attached hydrogens (tertiary/aromatic N) is 1. The minimum absolute atomic E-state index is 0.0406. The minimum atomic E-state index is -0.0406. The van der Waals surface area contributed by atoms with Crippen molar-refractivity contribution in [2.45, 2.75) is 32.7 Å². The van der Waals surface area contributed by atoms with E-state index in [9.17, 15) is 4.79 Å². The molecule has 0 aliphatic carbocycles. The van der Waals surface area contributed by atoms with Crippen molar-refractivity contribution in [3.05, 3.63) is 21.9 Å². The van der Waals surface area contributed by atoms with E-state index in [1.165, 1.54) is 6.42 Å². The summed E-state index contributed by atoms with van der Waals surface area (Å²) in [5.74, 6) is 0.377. The molecule has 0 saturated carbocycles. The molecule has 2 N–H and O–H groups in total. The van der Waals surface area contributed by atoms with Gasteiger partial charge in [-0.15, -0.1) is 0 Å². The lowest BCUT2D eigenvalue weighted by molar-refractivity contribution is 0.0716. The van der Waals surface area contributed by atoms with Gasteiger partial charge in [-0.3, -0.25) is 4.79 Å². The highest BCUT2D eigenvalue weighted by molar-refractivity contribution is 6.41. The van der Waals surface area contributed by atoms with Gasteiger partial charge in [-0.05, 0) is 31.4 Å². The van der Waals surface area contributed by atoms with Crippen molar-refractivity contribution in [1.82, 2.24) is 15.2 Å². The van der Waals surface area contributed by atoms with Crippen LogP contribution in [0.25, 0.3) is 0 Å². The highest BCUT2D eigenvalue weighted by atomic mass is 35.5. The van der Waals surface area contributed by atoms with Crippen LogP contribution in [0.15, 0.2) is 6.07 Å². The van der Waals surface area contributed by atoms with Gasteiger partial charge < -0.3 is 15.2 Å². The van der Waals surface area contributed by atoms with Crippen molar-refractivity contribution in [2.24, 2.45) is 5.92 Å². The van der Waals surface area contributed by atoms with Crippen LogP contribution in [0, 0.1) is 5.92 Å². The Morgan fingerprint density at radius 3 is 2.75 bits per heavy atom. The Bertz CT molecular complexity index is 447. The van der Waals surface area contributed by atoms with Crippen molar-refractivity contribution in [3.63, 3.8) is 0 Å². The molecule has 2 rings (SSSR count). The SMILES string of the molecule is CC(C)CN(CC1CCCN1)C(=O)c1cc(Cl)c(Cl)[nH]1. The standard InChI is InChI=1S/C14H21Cl2N3O/c1-9(2)7-19(8-10-4-3-5-17-10)14(20)12-6-11(15)13(16)18-12/h6,9-10,17-18H,3-5,7-8H2,1-2H3. The molecule has 2 heterocycles. The summed E-state index contributed by atoms with van der Waals surface area (Å²) < 4.78 is 0. The van der Waals surface area contributed by atoms with Crippen molar-refractivity contribution in [3.8, 4) is 0 Å². The van der Waals surface area contributed by atoms with Gasteiger partial charge >= 0.3 is 0 Å². The zero-order valence-electron chi connectivity index (χ0n) is 11.9. The zero-order valence-corrected chi connectivity index (χ0v) is 13.4. The second-order valence-corrected chi connectivity index (χ2v) is 6.53. The average Bonchev–Trinajstić information content (AvgIpc) is 2.98. The van der Waals surface area contributed by atoms with Gasteiger partial charge in [0.05, 0.1) is 5.02 Å². The predicted molar refractivity (Wildman–Crippen MR) is 82.6 cm³/mol. The first-order valence-electron chi connectivity index (χ1n) is 7.04. The first-order chi connectivity index (χ1) is 9.47. The summed E-state index contributed by atoms with van der Waals surface area (Å²) in [6.07, 6.45) is 2.29. The highest BCUT2D eigenvalue weighted by Crippen LogP contribution is 2.23. The van der Waals surface area contributed by atoms with Crippen molar-refractivity contribution >= 4 is 29.1 Å². The van der Waals surface area contributed by atoms with Crippen LogP contribution in [-0.4, -0.2) is 41.5 Å². The van der Waals surface area contributed by atoms with Crippen LogP contribution in [0.1, 0.15) is 37.2 Å². The molecule has 1 aromatic heterocycles. The molecule has 0 spiro atoms. The van der Waals surface area contributed by atoms with E-state index in [-0.39, 0.29) is 5.91 Å². The largest absolute Gasteiger partial charge is 0.340 e. The van der Waals surface area contributed by atoms with Gasteiger partial charge in [0.2, 0.25) is 0 Å². The quantitative estimate of drug-likeness (QED) is 0.876. The Kier molecular flexibility index (Phi) is 5.35. The molecule has 0 aromatic carbocycles. The van der Waals surface area contributed by atoms with Crippen LogP contribution in [0.2, 0.25) is 10.2 Å². The smallest absolute Gasteiger partial charge is 0.270 e. The molecule has 1 amide bonds. The Hall–Kier alpha value is -0.710. The maximum Gasteiger partial charge on any atom is 0.270 e. The monoisotopic (exact) mass is 317 g/mol. The Morgan fingerprint density at radius 2 is 2.25 bits per heavy atom. The number of H-pyrrole nitrogens is 1. The van der Waals surface area contributed by atoms with Crippen molar-refractivity contribution < 1.29 is 4.79 Å². The summed E-state index contributed by atoms with van der Waals surface area (Å²) in [6.45, 7) is 6.71. The van der Waals surface area contributed by atoms with Gasteiger partial charge in [-0.2, -0.15) is 0 Å². The number of rotatable bonds is 5. The summed E-state index contributed by atoms with van der Waals surface area (Å²) in [5.41, 5.74) is 0.457. The van der Waals surface area contributed by atoms with Crippen molar-refractivity contribution in [2.75, 3.05) is 19.6 Å². The third-order valence-electron chi connectivity index (χ3n) is 3.43. The first-order valence-corrected chi connectivity index (χ1v) is 7.79. The van der Waals surface area contributed by atoms with Gasteiger partial charge in [0.25, 0.3) is 5.91 Å². The molecule has 0 radical (unpaired) electrons. The summed E-state index contributed by atoms with van der Waals surface area (Å²) >= 11 is 11.8. The molecular formula is C14H21Cl2N3O. The lowest BCUT2D eigenvalue weighted by Crippen LogP contribution is -2.43. The van der Waals surface area contributed by atoms with Crippen LogP contribution in [-0.2, 0) is 0 Å². The molecule has 6 heteroatoms. The fraction of sp³-hybridized carbons (Fsp3) is 0.643. The van der Waals surface area contributed by atoms with Crippen LogP contribution >= 0.6 is 23.2 Å². The third kappa shape index (κ3) is 3.90. The van der Waals surface area contributed by atoms with E-state index in [1.54, 1.807) is 6.07 Å². The molecule has 20 heavy (non-hydrogen) atoms. The van der Waals surface area contributed by atoms with Gasteiger partial charge in [-0.25, -0.2) is 0 Å². The number of carbonyl (C=O) groups is 1. The Labute approximate surface area is 129 Å². The topological polar surface area (TPSA) is 48.1 Å². The number of nitrogens with one attached hydrogen (secondary N) is 2. The second kappa shape index (κ2) is 6.83. The minimum Gasteiger partial charge on any atom is -0.340 e. The molecule has 112 valence electrons. The summed E-state index contributed by atoms with van der Waals surface area (Å²) in [7, 11) is 0. The van der Waals surface area contributed by atoms with Crippen LogP contribution in [0.4, 0.5) is 0 Å². The number of aromatic nitrogens is 1. The molecule has 1 saturated heterocycles. The van der Waals surface area contributed by atoms with E-state index < -0.39 is 0 Å². The molecular weight excluding hydrogens is 297 g/mol. The molecule has 4 nitrogen and oxygen atoms in total. The Balaban J connectivity index is 2.09. The van der Waals surface area contributed by atoms with E-state index in [2.05, 4.69) is 24.1 Å². The number of carbonyl (C=O) groups excluding carboxylic acids is 1. The average molecular weight is 318 g/mol. The van der Waals surface area contributed by atoms with Gasteiger partial charge in [0.15, 0.2) is 0 Å². The lowest BCUT2D eigenvalue weighted by atomic mass is 10.1. The van der Waals surface area contributed by atoms with Gasteiger partial charge in [0, 0.05) is 19.1 Å². The molecule has 1 aliphatic heterocycles. The predicted octanol–water partition coefficient (Wildman–Crippen LogP) is 3.17. The third-order valence-corrected chi connectivity index (χ3v) is 4.12. The maximum absolute atomic E-state index is 12.6. The van der Waals surface area contributed by atoms with Crippen molar-refractivity contribution in [1.29, 1.82) is 0 Å². The Morgan fingerprint density at radius 1 is 1.50 bits per heavy atom. The number of hydrogen-bond donors (Lipinski definition) is 2. The summed E-state index contributed by atoms with van der Waals surface area (Å²) in [6, 6.07) is 1.99. The summed E-state index contributed by atoms with van der Waals surface area (Å²) in [5, 5.41) is 4.13.